The van der Waals surface area contributed by atoms with Crippen LogP contribution in [0.25, 0.3) is 0 Å². The highest BCUT2D eigenvalue weighted by molar-refractivity contribution is 5.74. The van der Waals surface area contributed by atoms with Crippen molar-refractivity contribution in [2.45, 2.75) is 52.5 Å². The number of hydrogen-bond donors (Lipinski definition) is 2. The second-order valence-corrected chi connectivity index (χ2v) is 7.88. The zero-order valence-electron chi connectivity index (χ0n) is 16.9. The van der Waals surface area contributed by atoms with Crippen LogP contribution < -0.4 is 20.1 Å². The smallest absolute Gasteiger partial charge is 0.315 e. The molecule has 6 nitrogen and oxygen atoms in total. The van der Waals surface area contributed by atoms with Gasteiger partial charge in [0.1, 0.15) is 0 Å². The number of hydrogen-bond acceptors (Lipinski definition) is 4. The molecule has 6 heteroatoms. The van der Waals surface area contributed by atoms with E-state index in [0.29, 0.717) is 18.9 Å². The van der Waals surface area contributed by atoms with Gasteiger partial charge in [0.15, 0.2) is 11.5 Å². The second kappa shape index (κ2) is 8.52. The molecular formula is C22H28N2O4. The Morgan fingerprint density at radius 3 is 2.64 bits per heavy atom. The first-order valence-electron chi connectivity index (χ1n) is 9.46. The van der Waals surface area contributed by atoms with Gasteiger partial charge in [0.05, 0.1) is 18.2 Å². The van der Waals surface area contributed by atoms with Crippen LogP contribution in [0.3, 0.4) is 0 Å². The first-order chi connectivity index (χ1) is 13.3. The van der Waals surface area contributed by atoms with Crippen molar-refractivity contribution in [2.24, 2.45) is 0 Å². The Labute approximate surface area is 166 Å². The van der Waals surface area contributed by atoms with E-state index in [2.05, 4.69) is 10.6 Å². The van der Waals surface area contributed by atoms with E-state index >= 15 is 0 Å². The molecule has 2 aromatic rings. The van der Waals surface area contributed by atoms with Crippen LogP contribution in [0, 0.1) is 0 Å². The number of ether oxygens (including phenoxy) is 3. The molecule has 2 aromatic carbocycles. The molecule has 3 rings (SSSR count). The Bertz CT molecular complexity index is 830. The molecule has 2 N–H and O–H groups in total. The number of rotatable bonds is 6. The normalized spacial score (nSPS) is 13.9. The van der Waals surface area contributed by atoms with Crippen molar-refractivity contribution in [3.63, 3.8) is 0 Å². The molecule has 0 saturated heterocycles. The highest BCUT2D eigenvalue weighted by atomic mass is 16.7. The SMILES string of the molecule is CC(NC(=O)NCc1cccc(COC(C)(C)C)c1)c1ccc2c(c1)OCO2. The fourth-order valence-electron chi connectivity index (χ4n) is 2.83. The van der Waals surface area contributed by atoms with Crippen molar-refractivity contribution in [3.8, 4) is 11.5 Å². The van der Waals surface area contributed by atoms with Gasteiger partial charge in [-0.15, -0.1) is 0 Å². The first-order valence-corrected chi connectivity index (χ1v) is 9.46. The molecule has 1 heterocycles. The van der Waals surface area contributed by atoms with Gasteiger partial charge in [-0.25, -0.2) is 4.79 Å². The Kier molecular flexibility index (Phi) is 6.09. The van der Waals surface area contributed by atoms with Gasteiger partial charge in [0, 0.05) is 6.54 Å². The number of carbonyl (C=O) groups excluding carboxylic acids is 1. The Morgan fingerprint density at radius 1 is 1.11 bits per heavy atom. The van der Waals surface area contributed by atoms with Crippen LogP contribution in [0.1, 0.15) is 50.4 Å². The van der Waals surface area contributed by atoms with Crippen LogP contribution >= 0.6 is 0 Å². The first kappa shape index (κ1) is 20.0. The number of urea groups is 1. The zero-order chi connectivity index (χ0) is 20.1. The van der Waals surface area contributed by atoms with Crippen LogP contribution in [0.5, 0.6) is 11.5 Å². The Morgan fingerprint density at radius 2 is 1.86 bits per heavy atom. The van der Waals surface area contributed by atoms with Crippen LogP contribution in [0.4, 0.5) is 4.79 Å². The largest absolute Gasteiger partial charge is 0.454 e. The Balaban J connectivity index is 1.50. The van der Waals surface area contributed by atoms with E-state index in [9.17, 15) is 4.79 Å². The molecule has 1 atom stereocenters. The molecule has 1 aliphatic heterocycles. The zero-order valence-corrected chi connectivity index (χ0v) is 16.9. The molecule has 28 heavy (non-hydrogen) atoms. The van der Waals surface area contributed by atoms with E-state index in [1.165, 1.54) is 0 Å². The summed E-state index contributed by atoms with van der Waals surface area (Å²) in [5.41, 5.74) is 2.89. The highest BCUT2D eigenvalue weighted by Crippen LogP contribution is 2.34. The van der Waals surface area contributed by atoms with E-state index in [1.54, 1.807) is 0 Å². The number of fused-ring (bicyclic) bond motifs is 1. The lowest BCUT2D eigenvalue weighted by molar-refractivity contribution is -0.0149. The van der Waals surface area contributed by atoms with E-state index < -0.39 is 0 Å². The van der Waals surface area contributed by atoms with E-state index in [1.807, 2.05) is 70.2 Å². The summed E-state index contributed by atoms with van der Waals surface area (Å²) < 4.78 is 16.5. The average Bonchev–Trinajstić information content (AvgIpc) is 3.12. The minimum absolute atomic E-state index is 0.152. The van der Waals surface area contributed by atoms with Gasteiger partial charge in [0.2, 0.25) is 6.79 Å². The molecule has 0 spiro atoms. The highest BCUT2D eigenvalue weighted by Gasteiger charge is 2.17. The summed E-state index contributed by atoms with van der Waals surface area (Å²) in [7, 11) is 0. The lowest BCUT2D eigenvalue weighted by Crippen LogP contribution is -2.36. The van der Waals surface area contributed by atoms with E-state index in [-0.39, 0.29) is 24.5 Å². The third kappa shape index (κ3) is 5.63. The van der Waals surface area contributed by atoms with Gasteiger partial charge in [-0.2, -0.15) is 0 Å². The molecule has 0 aliphatic carbocycles. The maximum Gasteiger partial charge on any atom is 0.315 e. The summed E-state index contributed by atoms with van der Waals surface area (Å²) in [6.07, 6.45) is 0. The molecule has 0 saturated carbocycles. The molecule has 1 aliphatic rings. The topological polar surface area (TPSA) is 68.8 Å². The van der Waals surface area contributed by atoms with Crippen molar-refractivity contribution in [3.05, 3.63) is 59.2 Å². The van der Waals surface area contributed by atoms with Gasteiger partial charge >= 0.3 is 6.03 Å². The maximum atomic E-state index is 12.3. The van der Waals surface area contributed by atoms with Crippen molar-refractivity contribution in [1.82, 2.24) is 10.6 Å². The average molecular weight is 384 g/mol. The standard InChI is InChI=1S/C22H28N2O4/c1-15(18-8-9-19-20(11-18)27-14-26-19)24-21(25)23-12-16-6-5-7-17(10-16)13-28-22(2,3)4/h5-11,15H,12-14H2,1-4H3,(H2,23,24,25). The van der Waals surface area contributed by atoms with Crippen molar-refractivity contribution in [2.75, 3.05) is 6.79 Å². The summed E-state index contributed by atoms with van der Waals surface area (Å²) >= 11 is 0. The van der Waals surface area contributed by atoms with Crippen LogP contribution in [-0.2, 0) is 17.9 Å². The monoisotopic (exact) mass is 384 g/mol. The molecular weight excluding hydrogens is 356 g/mol. The van der Waals surface area contributed by atoms with Crippen molar-refractivity contribution in [1.29, 1.82) is 0 Å². The molecule has 150 valence electrons. The lowest BCUT2D eigenvalue weighted by atomic mass is 10.1. The lowest BCUT2D eigenvalue weighted by Gasteiger charge is -2.19. The number of nitrogens with one attached hydrogen (secondary N) is 2. The predicted octanol–water partition coefficient (Wildman–Crippen LogP) is 4.29. The van der Waals surface area contributed by atoms with E-state index in [4.69, 9.17) is 14.2 Å². The van der Waals surface area contributed by atoms with Crippen molar-refractivity contribution < 1.29 is 19.0 Å². The quantitative estimate of drug-likeness (QED) is 0.780. The summed E-state index contributed by atoms with van der Waals surface area (Å²) in [5.74, 6) is 1.44. The van der Waals surface area contributed by atoms with Crippen LogP contribution in [0.2, 0.25) is 0 Å². The number of amides is 2. The van der Waals surface area contributed by atoms with Gasteiger partial charge in [-0.05, 0) is 56.5 Å². The third-order valence-electron chi connectivity index (χ3n) is 4.36. The van der Waals surface area contributed by atoms with E-state index in [0.717, 1.165) is 22.4 Å². The number of benzene rings is 2. The molecule has 2 amide bonds. The second-order valence-electron chi connectivity index (χ2n) is 7.88. The van der Waals surface area contributed by atoms with Crippen LogP contribution in [-0.4, -0.2) is 18.4 Å². The third-order valence-corrected chi connectivity index (χ3v) is 4.36. The molecule has 0 bridgehead atoms. The van der Waals surface area contributed by atoms with Crippen molar-refractivity contribution >= 4 is 6.03 Å². The molecule has 1 unspecified atom stereocenters. The maximum absolute atomic E-state index is 12.3. The Hall–Kier alpha value is -2.73. The predicted molar refractivity (Wildman–Crippen MR) is 107 cm³/mol. The molecule has 0 fully saturated rings. The summed E-state index contributed by atoms with van der Waals surface area (Å²) in [5, 5.41) is 5.85. The van der Waals surface area contributed by atoms with Gasteiger partial charge < -0.3 is 24.8 Å². The minimum Gasteiger partial charge on any atom is -0.454 e. The van der Waals surface area contributed by atoms with Crippen LogP contribution in [0.15, 0.2) is 42.5 Å². The fourth-order valence-corrected chi connectivity index (χ4v) is 2.83. The van der Waals surface area contributed by atoms with Gasteiger partial charge in [0.25, 0.3) is 0 Å². The molecule has 0 aromatic heterocycles. The minimum atomic E-state index is -0.221. The summed E-state index contributed by atoms with van der Waals surface area (Å²) in [4.78, 5) is 12.3. The summed E-state index contributed by atoms with van der Waals surface area (Å²) in [6, 6.07) is 13.3. The fraction of sp³-hybridized carbons (Fsp3) is 0.409. The van der Waals surface area contributed by atoms with Gasteiger partial charge in [-0.3, -0.25) is 0 Å². The molecule has 0 radical (unpaired) electrons. The summed E-state index contributed by atoms with van der Waals surface area (Å²) in [6.45, 7) is 9.26. The van der Waals surface area contributed by atoms with Gasteiger partial charge in [-0.1, -0.05) is 30.3 Å². The number of carbonyl (C=O) groups is 1.